The average Bonchev–Trinajstić information content (AvgIpc) is 2.56. The van der Waals surface area contributed by atoms with Crippen molar-refractivity contribution >= 4 is 11.9 Å². The molecule has 1 aliphatic heterocycles. The van der Waals surface area contributed by atoms with Gasteiger partial charge in [-0.3, -0.25) is 15.1 Å². The van der Waals surface area contributed by atoms with Gasteiger partial charge in [0.25, 0.3) is 5.91 Å². The first-order valence-electron chi connectivity index (χ1n) is 5.77. The summed E-state index contributed by atoms with van der Waals surface area (Å²) in [5, 5.41) is 5.91. The van der Waals surface area contributed by atoms with Gasteiger partial charge < -0.3 is 5.32 Å². The van der Waals surface area contributed by atoms with Gasteiger partial charge in [-0.05, 0) is 26.3 Å². The molecule has 0 saturated carbocycles. The van der Waals surface area contributed by atoms with Crippen molar-refractivity contribution in [3.05, 3.63) is 35.4 Å². The van der Waals surface area contributed by atoms with E-state index in [9.17, 15) is 4.79 Å². The molecule has 1 aromatic carbocycles. The van der Waals surface area contributed by atoms with Gasteiger partial charge in [-0.1, -0.05) is 29.8 Å². The number of nitrogens with one attached hydrogen (secondary N) is 2. The van der Waals surface area contributed by atoms with Crippen LogP contribution < -0.4 is 10.6 Å². The van der Waals surface area contributed by atoms with Gasteiger partial charge >= 0.3 is 0 Å². The van der Waals surface area contributed by atoms with E-state index in [4.69, 9.17) is 0 Å². The van der Waals surface area contributed by atoms with Gasteiger partial charge in [0, 0.05) is 6.54 Å². The number of aryl methyl sites for hydroxylation is 1. The van der Waals surface area contributed by atoms with E-state index in [1.165, 1.54) is 0 Å². The molecule has 1 aliphatic rings. The molecule has 1 aromatic rings. The van der Waals surface area contributed by atoms with Crippen LogP contribution >= 0.6 is 0 Å². The summed E-state index contributed by atoms with van der Waals surface area (Å²) < 4.78 is 0. The van der Waals surface area contributed by atoms with Gasteiger partial charge in [0.1, 0.15) is 5.54 Å². The van der Waals surface area contributed by atoms with Crippen molar-refractivity contribution in [2.45, 2.75) is 26.3 Å². The van der Waals surface area contributed by atoms with Crippen molar-refractivity contribution in [2.75, 3.05) is 6.54 Å². The van der Waals surface area contributed by atoms with Crippen molar-refractivity contribution in [2.24, 2.45) is 4.99 Å². The van der Waals surface area contributed by atoms with Crippen LogP contribution in [0.5, 0.6) is 0 Å². The quantitative estimate of drug-likeness (QED) is 0.806. The molecule has 4 nitrogen and oxygen atoms in total. The zero-order valence-electron chi connectivity index (χ0n) is 10.4. The molecule has 1 unspecified atom stereocenters. The molecule has 0 radical (unpaired) electrons. The molecule has 0 aliphatic carbocycles. The SMILES string of the molecule is CCN=C1NC(=O)C(C)(c2cccc(C)c2)N1. The molecule has 0 aromatic heterocycles. The molecule has 2 rings (SSSR count). The normalized spacial score (nSPS) is 25.8. The first kappa shape index (κ1) is 11.6. The third-order valence-corrected chi connectivity index (χ3v) is 2.97. The Balaban J connectivity index is 2.37. The first-order valence-corrected chi connectivity index (χ1v) is 5.77. The van der Waals surface area contributed by atoms with Crippen LogP contribution in [0.1, 0.15) is 25.0 Å². The van der Waals surface area contributed by atoms with Crippen LogP contribution in [0.2, 0.25) is 0 Å². The molecule has 90 valence electrons. The third-order valence-electron chi connectivity index (χ3n) is 2.97. The molecule has 0 bridgehead atoms. The van der Waals surface area contributed by atoms with E-state index in [-0.39, 0.29) is 5.91 Å². The monoisotopic (exact) mass is 231 g/mol. The molecular formula is C13H17N3O. The molecule has 1 atom stereocenters. The third kappa shape index (κ3) is 2.02. The minimum Gasteiger partial charge on any atom is -0.338 e. The summed E-state index contributed by atoms with van der Waals surface area (Å²) in [6.45, 7) is 6.46. The van der Waals surface area contributed by atoms with E-state index in [1.807, 2.05) is 45.0 Å². The lowest BCUT2D eigenvalue weighted by Gasteiger charge is -2.21. The topological polar surface area (TPSA) is 53.5 Å². The van der Waals surface area contributed by atoms with E-state index in [0.29, 0.717) is 12.5 Å². The predicted molar refractivity (Wildman–Crippen MR) is 67.8 cm³/mol. The Morgan fingerprint density at radius 1 is 1.41 bits per heavy atom. The molecule has 0 spiro atoms. The summed E-state index contributed by atoms with van der Waals surface area (Å²) in [7, 11) is 0. The molecule has 2 N–H and O–H groups in total. The van der Waals surface area contributed by atoms with Crippen LogP contribution in [-0.4, -0.2) is 18.4 Å². The Morgan fingerprint density at radius 3 is 2.82 bits per heavy atom. The maximum absolute atomic E-state index is 12.0. The number of guanidine groups is 1. The van der Waals surface area contributed by atoms with Crippen LogP contribution in [0, 0.1) is 6.92 Å². The van der Waals surface area contributed by atoms with E-state index < -0.39 is 5.54 Å². The van der Waals surface area contributed by atoms with Gasteiger partial charge in [0.2, 0.25) is 0 Å². The highest BCUT2D eigenvalue weighted by molar-refractivity contribution is 6.09. The summed E-state index contributed by atoms with van der Waals surface area (Å²) in [5.74, 6) is 0.497. The fourth-order valence-electron chi connectivity index (χ4n) is 1.95. The van der Waals surface area contributed by atoms with Crippen molar-refractivity contribution < 1.29 is 4.79 Å². The lowest BCUT2D eigenvalue weighted by atomic mass is 9.91. The first-order chi connectivity index (χ1) is 8.06. The molecule has 1 amide bonds. The minimum absolute atomic E-state index is 0.0599. The van der Waals surface area contributed by atoms with Crippen LogP contribution in [0.15, 0.2) is 29.3 Å². The number of benzene rings is 1. The lowest BCUT2D eigenvalue weighted by Crippen LogP contribution is -2.40. The Hall–Kier alpha value is -1.84. The van der Waals surface area contributed by atoms with Gasteiger partial charge in [0.05, 0.1) is 0 Å². The van der Waals surface area contributed by atoms with E-state index in [2.05, 4.69) is 15.6 Å². The van der Waals surface area contributed by atoms with Crippen LogP contribution in [0.25, 0.3) is 0 Å². The summed E-state index contributed by atoms with van der Waals surface area (Å²) >= 11 is 0. The fourth-order valence-corrected chi connectivity index (χ4v) is 1.95. The molecular weight excluding hydrogens is 214 g/mol. The summed E-state index contributed by atoms with van der Waals surface area (Å²) in [5.41, 5.74) is 1.37. The number of hydrogen-bond acceptors (Lipinski definition) is 2. The van der Waals surface area contributed by atoms with Crippen molar-refractivity contribution in [1.29, 1.82) is 0 Å². The average molecular weight is 231 g/mol. The molecule has 17 heavy (non-hydrogen) atoms. The van der Waals surface area contributed by atoms with E-state index in [0.717, 1.165) is 11.1 Å². The predicted octanol–water partition coefficient (Wildman–Crippen LogP) is 1.31. The summed E-state index contributed by atoms with van der Waals surface area (Å²) in [6.07, 6.45) is 0. The molecule has 1 saturated heterocycles. The molecule has 1 heterocycles. The summed E-state index contributed by atoms with van der Waals surface area (Å²) in [4.78, 5) is 16.2. The zero-order valence-corrected chi connectivity index (χ0v) is 10.4. The smallest absolute Gasteiger partial charge is 0.256 e. The summed E-state index contributed by atoms with van der Waals surface area (Å²) in [6, 6.07) is 7.94. The van der Waals surface area contributed by atoms with Gasteiger partial charge in [-0.2, -0.15) is 0 Å². The second-order valence-corrected chi connectivity index (χ2v) is 4.40. The fraction of sp³-hybridized carbons (Fsp3) is 0.385. The number of hydrogen-bond donors (Lipinski definition) is 2. The number of carbonyl (C=O) groups is 1. The zero-order chi connectivity index (χ0) is 12.5. The standard InChI is InChI=1S/C13H17N3O/c1-4-14-12-15-11(17)13(3,16-12)10-7-5-6-9(2)8-10/h5-8H,4H2,1-3H3,(H2,14,15,16,17). The molecule has 1 fully saturated rings. The Morgan fingerprint density at radius 2 is 2.18 bits per heavy atom. The number of nitrogens with zero attached hydrogens (tertiary/aromatic N) is 1. The van der Waals surface area contributed by atoms with Gasteiger partial charge in [0.15, 0.2) is 5.96 Å². The van der Waals surface area contributed by atoms with Crippen molar-refractivity contribution in [3.63, 3.8) is 0 Å². The highest BCUT2D eigenvalue weighted by atomic mass is 16.2. The highest BCUT2D eigenvalue weighted by Gasteiger charge is 2.42. The van der Waals surface area contributed by atoms with Gasteiger partial charge in [-0.15, -0.1) is 0 Å². The Bertz CT molecular complexity index is 481. The highest BCUT2D eigenvalue weighted by Crippen LogP contribution is 2.24. The Labute approximate surface area is 101 Å². The van der Waals surface area contributed by atoms with E-state index in [1.54, 1.807) is 0 Å². The van der Waals surface area contributed by atoms with Crippen LogP contribution in [0.3, 0.4) is 0 Å². The van der Waals surface area contributed by atoms with Gasteiger partial charge in [-0.25, -0.2) is 0 Å². The maximum Gasteiger partial charge on any atom is 0.256 e. The number of rotatable bonds is 2. The number of aliphatic imine (C=N–C) groups is 1. The van der Waals surface area contributed by atoms with Crippen molar-refractivity contribution in [1.82, 2.24) is 10.6 Å². The van der Waals surface area contributed by atoms with Crippen LogP contribution in [-0.2, 0) is 10.3 Å². The maximum atomic E-state index is 12.0. The second-order valence-electron chi connectivity index (χ2n) is 4.40. The largest absolute Gasteiger partial charge is 0.338 e. The lowest BCUT2D eigenvalue weighted by molar-refractivity contribution is -0.123. The van der Waals surface area contributed by atoms with Crippen molar-refractivity contribution in [3.8, 4) is 0 Å². The Kier molecular flexibility index (Phi) is 2.88. The van der Waals surface area contributed by atoms with E-state index >= 15 is 0 Å². The molecule has 4 heteroatoms. The number of amides is 1. The van der Waals surface area contributed by atoms with Crippen LogP contribution in [0.4, 0.5) is 0 Å². The number of carbonyl (C=O) groups excluding carboxylic acids is 1. The second kappa shape index (κ2) is 4.20. The minimum atomic E-state index is -0.722.